The first-order valence-corrected chi connectivity index (χ1v) is 9.12. The number of carbonyl (C=O) groups is 3. The minimum Gasteiger partial charge on any atom is -0.465 e. The molecule has 3 rings (SSSR count). The topological polar surface area (TPSA) is 96.7 Å². The number of imidazole rings is 1. The van der Waals surface area contributed by atoms with Gasteiger partial charge < -0.3 is 14.2 Å². The Kier molecular flexibility index (Phi) is 5.89. The van der Waals surface area contributed by atoms with E-state index in [-0.39, 0.29) is 32.1 Å². The molecule has 1 fully saturated rings. The van der Waals surface area contributed by atoms with Crippen LogP contribution in [0.1, 0.15) is 30.9 Å². The first-order valence-electron chi connectivity index (χ1n) is 9.12. The summed E-state index contributed by atoms with van der Waals surface area (Å²) in [6.45, 7) is 3.23. The number of ether oxygens (including phenoxy) is 3. The van der Waals surface area contributed by atoms with E-state index >= 15 is 0 Å². The molecule has 1 aliphatic rings. The van der Waals surface area contributed by atoms with Crippen molar-refractivity contribution in [2.24, 2.45) is 5.41 Å². The molecule has 0 radical (unpaired) electrons. The standard InChI is InChI=1S/C20H22N2O6/c1-3-26-18(24)20(19(25)27-4-2)12-15(28-13-20)16(23)17-21-10-11-22(17)14-8-6-5-7-9-14/h5-11,15H,3-4,12-13H2,1-2H3/t15-/m1/s1. The Morgan fingerprint density at radius 1 is 1.14 bits per heavy atom. The Balaban J connectivity index is 1.86. The van der Waals surface area contributed by atoms with E-state index in [0.717, 1.165) is 5.69 Å². The zero-order valence-corrected chi connectivity index (χ0v) is 15.8. The number of para-hydroxylation sites is 1. The number of rotatable bonds is 7. The number of aromatic nitrogens is 2. The molecule has 28 heavy (non-hydrogen) atoms. The summed E-state index contributed by atoms with van der Waals surface area (Å²) in [6, 6.07) is 9.25. The Bertz CT molecular complexity index is 843. The van der Waals surface area contributed by atoms with Crippen LogP contribution in [-0.4, -0.2) is 53.2 Å². The largest absolute Gasteiger partial charge is 0.465 e. The molecule has 1 aromatic carbocycles. The third kappa shape index (κ3) is 3.55. The second-order valence-electron chi connectivity index (χ2n) is 6.35. The maximum Gasteiger partial charge on any atom is 0.326 e. The molecule has 1 aliphatic heterocycles. The summed E-state index contributed by atoms with van der Waals surface area (Å²) in [5, 5.41) is 0. The van der Waals surface area contributed by atoms with Gasteiger partial charge in [-0.2, -0.15) is 0 Å². The minimum absolute atomic E-state index is 0.108. The van der Waals surface area contributed by atoms with Crippen molar-refractivity contribution < 1.29 is 28.6 Å². The number of nitrogens with zero attached hydrogens (tertiary/aromatic N) is 2. The van der Waals surface area contributed by atoms with Gasteiger partial charge in [0.1, 0.15) is 6.10 Å². The first kappa shape index (κ1) is 19.8. The molecule has 0 N–H and O–H groups in total. The molecule has 148 valence electrons. The number of hydrogen-bond acceptors (Lipinski definition) is 7. The number of Topliss-reactive ketones (excluding diaryl/α,β-unsaturated/α-hetero) is 1. The predicted molar refractivity (Wildman–Crippen MR) is 98.0 cm³/mol. The maximum absolute atomic E-state index is 13.0. The fourth-order valence-corrected chi connectivity index (χ4v) is 3.18. The van der Waals surface area contributed by atoms with Crippen molar-refractivity contribution in [3.8, 4) is 5.69 Å². The molecule has 1 atom stereocenters. The molecule has 0 unspecified atom stereocenters. The normalized spacial score (nSPS) is 17.9. The molecular formula is C20H22N2O6. The van der Waals surface area contributed by atoms with Crippen molar-refractivity contribution in [2.45, 2.75) is 26.4 Å². The molecule has 8 heteroatoms. The van der Waals surface area contributed by atoms with E-state index in [1.165, 1.54) is 6.20 Å². The van der Waals surface area contributed by atoms with Gasteiger partial charge in [-0.05, 0) is 26.0 Å². The fraction of sp³-hybridized carbons (Fsp3) is 0.400. The molecule has 0 aliphatic carbocycles. The summed E-state index contributed by atoms with van der Waals surface area (Å²) in [6.07, 6.45) is 2.03. The van der Waals surface area contributed by atoms with Crippen LogP contribution in [0.2, 0.25) is 0 Å². The predicted octanol–water partition coefficient (Wildman–Crippen LogP) is 1.96. The molecule has 2 aromatic rings. The van der Waals surface area contributed by atoms with E-state index in [9.17, 15) is 14.4 Å². The highest BCUT2D eigenvalue weighted by molar-refractivity contribution is 6.03. The summed E-state index contributed by atoms with van der Waals surface area (Å²) < 4.78 is 17.3. The minimum atomic E-state index is -1.64. The van der Waals surface area contributed by atoms with Crippen LogP contribution in [0.25, 0.3) is 5.69 Å². The Morgan fingerprint density at radius 3 is 2.39 bits per heavy atom. The van der Waals surface area contributed by atoms with Gasteiger partial charge in [-0.1, -0.05) is 18.2 Å². The summed E-state index contributed by atoms with van der Waals surface area (Å²) in [7, 11) is 0. The zero-order chi connectivity index (χ0) is 20.1. The van der Waals surface area contributed by atoms with Gasteiger partial charge in [-0.25, -0.2) is 4.98 Å². The quantitative estimate of drug-likeness (QED) is 0.408. The highest BCUT2D eigenvalue weighted by atomic mass is 16.6. The van der Waals surface area contributed by atoms with Gasteiger partial charge in [0.15, 0.2) is 11.2 Å². The molecule has 0 bridgehead atoms. The van der Waals surface area contributed by atoms with Gasteiger partial charge in [0.05, 0.1) is 19.8 Å². The molecule has 0 spiro atoms. The van der Waals surface area contributed by atoms with E-state index in [0.29, 0.717) is 0 Å². The summed E-state index contributed by atoms with van der Waals surface area (Å²) >= 11 is 0. The summed E-state index contributed by atoms with van der Waals surface area (Å²) in [5.41, 5.74) is -0.875. The van der Waals surface area contributed by atoms with Gasteiger partial charge in [0.2, 0.25) is 5.78 Å². The highest BCUT2D eigenvalue weighted by Crippen LogP contribution is 2.37. The van der Waals surface area contributed by atoms with Crippen molar-refractivity contribution in [1.82, 2.24) is 9.55 Å². The highest BCUT2D eigenvalue weighted by Gasteiger charge is 2.57. The number of benzene rings is 1. The van der Waals surface area contributed by atoms with E-state index < -0.39 is 29.2 Å². The van der Waals surface area contributed by atoms with Crippen molar-refractivity contribution in [3.05, 3.63) is 48.5 Å². The van der Waals surface area contributed by atoms with Crippen molar-refractivity contribution in [1.29, 1.82) is 0 Å². The smallest absolute Gasteiger partial charge is 0.326 e. The van der Waals surface area contributed by atoms with Crippen LogP contribution in [0, 0.1) is 5.41 Å². The van der Waals surface area contributed by atoms with E-state index in [1.807, 2.05) is 30.3 Å². The second-order valence-corrected chi connectivity index (χ2v) is 6.35. The van der Waals surface area contributed by atoms with E-state index in [2.05, 4.69) is 4.98 Å². The molecule has 1 saturated heterocycles. The van der Waals surface area contributed by atoms with Gasteiger partial charge >= 0.3 is 11.9 Å². The molecule has 1 aromatic heterocycles. The monoisotopic (exact) mass is 386 g/mol. The Hall–Kier alpha value is -3.00. The van der Waals surface area contributed by atoms with Crippen molar-refractivity contribution >= 4 is 17.7 Å². The Labute approximate surface area is 162 Å². The van der Waals surface area contributed by atoms with Crippen molar-refractivity contribution in [3.63, 3.8) is 0 Å². The van der Waals surface area contributed by atoms with Gasteiger partial charge in [0, 0.05) is 24.5 Å². The fourth-order valence-electron chi connectivity index (χ4n) is 3.18. The van der Waals surface area contributed by atoms with Crippen LogP contribution < -0.4 is 0 Å². The van der Waals surface area contributed by atoms with Crippen LogP contribution in [0.5, 0.6) is 0 Å². The number of hydrogen-bond donors (Lipinski definition) is 0. The second kappa shape index (κ2) is 8.35. The number of ketones is 1. The lowest BCUT2D eigenvalue weighted by Gasteiger charge is -2.22. The Morgan fingerprint density at radius 2 is 1.79 bits per heavy atom. The molecule has 0 saturated carbocycles. The lowest BCUT2D eigenvalue weighted by atomic mass is 9.84. The van der Waals surface area contributed by atoms with Crippen LogP contribution >= 0.6 is 0 Å². The molecule has 0 amide bonds. The summed E-state index contributed by atoms with van der Waals surface area (Å²) in [5.74, 6) is -1.73. The van der Waals surface area contributed by atoms with E-state index in [4.69, 9.17) is 14.2 Å². The maximum atomic E-state index is 13.0. The van der Waals surface area contributed by atoms with Crippen LogP contribution in [0.4, 0.5) is 0 Å². The molecule has 8 nitrogen and oxygen atoms in total. The third-order valence-electron chi connectivity index (χ3n) is 4.59. The first-order chi connectivity index (χ1) is 13.5. The van der Waals surface area contributed by atoms with Crippen LogP contribution in [0.15, 0.2) is 42.7 Å². The zero-order valence-electron chi connectivity index (χ0n) is 15.8. The van der Waals surface area contributed by atoms with Gasteiger partial charge in [0.25, 0.3) is 0 Å². The van der Waals surface area contributed by atoms with Gasteiger partial charge in [-0.15, -0.1) is 0 Å². The van der Waals surface area contributed by atoms with Crippen LogP contribution in [-0.2, 0) is 23.8 Å². The molecular weight excluding hydrogens is 364 g/mol. The lowest BCUT2D eigenvalue weighted by molar-refractivity contribution is -0.171. The number of carbonyl (C=O) groups excluding carboxylic acids is 3. The van der Waals surface area contributed by atoms with Gasteiger partial charge in [-0.3, -0.25) is 19.0 Å². The lowest BCUT2D eigenvalue weighted by Crippen LogP contribution is -2.43. The number of esters is 2. The van der Waals surface area contributed by atoms with E-state index in [1.54, 1.807) is 24.6 Å². The average molecular weight is 386 g/mol. The molecule has 2 heterocycles. The average Bonchev–Trinajstić information content (AvgIpc) is 3.37. The third-order valence-corrected chi connectivity index (χ3v) is 4.59. The summed E-state index contributed by atoms with van der Waals surface area (Å²) in [4.78, 5) is 42.2. The SMILES string of the molecule is CCOC(=O)C1(C(=O)OCC)CO[C@@H](C(=O)c2nccn2-c2ccccc2)C1. The van der Waals surface area contributed by atoms with Crippen LogP contribution in [0.3, 0.4) is 0 Å². The van der Waals surface area contributed by atoms with Crippen molar-refractivity contribution in [2.75, 3.05) is 19.8 Å².